The van der Waals surface area contributed by atoms with Crippen molar-refractivity contribution in [2.75, 3.05) is 19.8 Å². The van der Waals surface area contributed by atoms with Crippen molar-refractivity contribution in [1.29, 1.82) is 0 Å². The number of carbonyl (C=O) groups is 1. The van der Waals surface area contributed by atoms with Crippen molar-refractivity contribution in [2.24, 2.45) is 46.3 Å². The van der Waals surface area contributed by atoms with Gasteiger partial charge in [0.25, 0.3) is 0 Å². The molecule has 9 rings (SSSR count). The van der Waals surface area contributed by atoms with E-state index in [9.17, 15) is 20.1 Å². The third-order valence-corrected chi connectivity index (χ3v) is 15.4. The van der Waals surface area contributed by atoms with E-state index in [1.165, 1.54) is 0 Å². The highest BCUT2D eigenvalue weighted by Crippen LogP contribution is 2.74. The molecule has 1 aromatic rings. The van der Waals surface area contributed by atoms with Crippen molar-refractivity contribution in [3.63, 3.8) is 0 Å². The zero-order valence-corrected chi connectivity index (χ0v) is 29.8. The van der Waals surface area contributed by atoms with Crippen molar-refractivity contribution in [3.8, 4) is 11.8 Å². The summed E-state index contributed by atoms with van der Waals surface area (Å²) in [5.74, 6) is 7.36. The molecule has 1 aromatic carbocycles. The minimum absolute atomic E-state index is 0.0190. The van der Waals surface area contributed by atoms with E-state index in [0.717, 1.165) is 56.1 Å². The highest BCUT2D eigenvalue weighted by atomic mass is 16.5. The lowest BCUT2D eigenvalue weighted by Crippen LogP contribution is -2.67. The van der Waals surface area contributed by atoms with Gasteiger partial charge in [0.05, 0.1) is 48.6 Å². The molecular formula is C42H56O7. The summed E-state index contributed by atoms with van der Waals surface area (Å²) in [5, 5.41) is 34.8. The number of benzene rings is 1. The van der Waals surface area contributed by atoms with Crippen LogP contribution in [0.2, 0.25) is 0 Å². The molecule has 15 atom stereocenters. The molecule has 0 unspecified atom stereocenters. The van der Waals surface area contributed by atoms with Crippen molar-refractivity contribution in [3.05, 3.63) is 47.5 Å². The molecule has 5 fully saturated rings. The fraction of sp³-hybridized carbons (Fsp3) is 0.738. The van der Waals surface area contributed by atoms with Gasteiger partial charge in [-0.1, -0.05) is 69.4 Å². The molecule has 3 heterocycles. The van der Waals surface area contributed by atoms with Crippen LogP contribution in [0, 0.1) is 58.2 Å². The number of ketones is 1. The summed E-state index contributed by atoms with van der Waals surface area (Å²) in [5.41, 5.74) is -0.565. The Morgan fingerprint density at radius 3 is 2.63 bits per heavy atom. The van der Waals surface area contributed by atoms with Gasteiger partial charge in [-0.2, -0.15) is 0 Å². The van der Waals surface area contributed by atoms with E-state index in [-0.39, 0.29) is 72.1 Å². The minimum atomic E-state index is -1.46. The summed E-state index contributed by atoms with van der Waals surface area (Å²) in [7, 11) is 0. The molecule has 7 heteroatoms. The summed E-state index contributed by atoms with van der Waals surface area (Å²) in [4.78, 5) is 14.4. The van der Waals surface area contributed by atoms with Gasteiger partial charge in [0.2, 0.25) is 0 Å². The van der Waals surface area contributed by atoms with Crippen LogP contribution in [-0.4, -0.2) is 76.5 Å². The van der Waals surface area contributed by atoms with Crippen LogP contribution in [0.1, 0.15) is 97.0 Å². The Morgan fingerprint density at radius 1 is 1.08 bits per heavy atom. The Bertz CT molecular complexity index is 1530. The summed E-state index contributed by atoms with van der Waals surface area (Å²) in [6.07, 6.45) is 7.87. The number of ether oxygens (including phenoxy) is 3. The summed E-state index contributed by atoms with van der Waals surface area (Å²) in [6, 6.07) is 10.3. The Morgan fingerprint density at radius 2 is 1.88 bits per heavy atom. The smallest absolute Gasteiger partial charge is 0.159 e. The van der Waals surface area contributed by atoms with Crippen LogP contribution >= 0.6 is 0 Å². The Kier molecular flexibility index (Phi) is 8.54. The summed E-state index contributed by atoms with van der Waals surface area (Å²) >= 11 is 0. The maximum absolute atomic E-state index is 14.4. The maximum atomic E-state index is 14.4. The van der Waals surface area contributed by atoms with E-state index >= 15 is 0 Å². The average Bonchev–Trinajstić information content (AvgIpc) is 3.57. The molecule has 1 saturated heterocycles. The minimum Gasteiger partial charge on any atom is -0.394 e. The molecule has 8 bridgehead atoms. The topological polar surface area (TPSA) is 105 Å². The molecule has 7 nitrogen and oxygen atoms in total. The zero-order chi connectivity index (χ0) is 34.3. The quantitative estimate of drug-likeness (QED) is 0.350. The Hall–Kier alpha value is -2.05. The predicted molar refractivity (Wildman–Crippen MR) is 185 cm³/mol. The zero-order valence-electron chi connectivity index (χ0n) is 29.8. The van der Waals surface area contributed by atoms with Crippen LogP contribution in [0.25, 0.3) is 0 Å². The molecule has 0 radical (unpaired) electrons. The van der Waals surface area contributed by atoms with Crippen LogP contribution < -0.4 is 0 Å². The molecule has 4 saturated carbocycles. The molecule has 266 valence electrons. The van der Waals surface area contributed by atoms with Crippen molar-refractivity contribution in [2.45, 2.75) is 127 Å². The lowest BCUT2D eigenvalue weighted by atomic mass is 9.40. The number of rotatable bonds is 5. The molecule has 3 N–H and O–H groups in total. The fourth-order valence-corrected chi connectivity index (χ4v) is 12.8. The van der Waals surface area contributed by atoms with Gasteiger partial charge < -0.3 is 29.5 Å². The molecule has 8 aliphatic rings. The van der Waals surface area contributed by atoms with E-state index in [4.69, 9.17) is 14.2 Å². The monoisotopic (exact) mass is 672 g/mol. The van der Waals surface area contributed by atoms with Crippen LogP contribution in [0.5, 0.6) is 0 Å². The number of carbonyl (C=O) groups excluding carboxylic acids is 1. The second kappa shape index (κ2) is 12.3. The summed E-state index contributed by atoms with van der Waals surface area (Å²) in [6.45, 7) is 8.90. The van der Waals surface area contributed by atoms with E-state index < -0.39 is 28.8 Å². The fourth-order valence-electron chi connectivity index (χ4n) is 12.8. The molecule has 2 spiro atoms. The summed E-state index contributed by atoms with van der Waals surface area (Å²) < 4.78 is 20.1. The number of fused-ring (bicyclic) bond motifs is 8. The third-order valence-electron chi connectivity index (χ3n) is 15.4. The molecule has 5 aliphatic carbocycles. The van der Waals surface area contributed by atoms with Crippen LogP contribution in [0.4, 0.5) is 0 Å². The van der Waals surface area contributed by atoms with E-state index in [1.54, 1.807) is 0 Å². The predicted octanol–water partition coefficient (Wildman–Crippen LogP) is 5.60. The molecule has 49 heavy (non-hydrogen) atoms. The van der Waals surface area contributed by atoms with Gasteiger partial charge >= 0.3 is 0 Å². The first kappa shape index (κ1) is 34.1. The van der Waals surface area contributed by atoms with E-state index in [0.29, 0.717) is 25.4 Å². The first-order chi connectivity index (χ1) is 23.5. The second-order valence-corrected chi connectivity index (χ2v) is 17.5. The molecule has 3 aliphatic heterocycles. The van der Waals surface area contributed by atoms with Gasteiger partial charge in [-0.25, -0.2) is 0 Å². The van der Waals surface area contributed by atoms with Gasteiger partial charge in [0, 0.05) is 11.3 Å². The van der Waals surface area contributed by atoms with Crippen molar-refractivity contribution in [1.82, 2.24) is 0 Å². The van der Waals surface area contributed by atoms with Gasteiger partial charge in [-0.15, -0.1) is 0 Å². The number of aliphatic hydroxyl groups excluding tert-OH is 2. The first-order valence-corrected chi connectivity index (χ1v) is 19.2. The van der Waals surface area contributed by atoms with Crippen LogP contribution in [0.3, 0.4) is 0 Å². The first-order valence-electron chi connectivity index (χ1n) is 19.2. The molecule has 0 aromatic heterocycles. The SMILES string of the molecule is C[C@@H]1[C@@H](C)[C@H](CO)O[C@@H]1[C@@H](O)[C@@](C)(O)[C@H]1CC[C@@]23OCC#C[C@H](c4ccccc4)CO[C@H]4CC[C@]5(C)[C@H](C2=CC(=O)[C@@H]5C4)[C@H]2CCC[C@@]13C2. The second-order valence-electron chi connectivity index (χ2n) is 17.5. The third kappa shape index (κ3) is 4.95. The van der Waals surface area contributed by atoms with Gasteiger partial charge in [0.1, 0.15) is 12.7 Å². The van der Waals surface area contributed by atoms with Gasteiger partial charge in [0.15, 0.2) is 5.78 Å². The Balaban J connectivity index is 1.23. The highest BCUT2D eigenvalue weighted by Gasteiger charge is 2.74. The van der Waals surface area contributed by atoms with Crippen LogP contribution in [0.15, 0.2) is 42.0 Å². The molecule has 0 amide bonds. The lowest BCUT2D eigenvalue weighted by molar-refractivity contribution is -0.225. The van der Waals surface area contributed by atoms with Crippen LogP contribution in [-0.2, 0) is 19.0 Å². The van der Waals surface area contributed by atoms with E-state index in [1.807, 2.05) is 31.2 Å². The largest absolute Gasteiger partial charge is 0.394 e. The number of hydrogen-bond acceptors (Lipinski definition) is 7. The molecular weight excluding hydrogens is 616 g/mol. The maximum Gasteiger partial charge on any atom is 0.159 e. The number of allylic oxidation sites excluding steroid dienone is 1. The number of aliphatic hydroxyl groups is 3. The van der Waals surface area contributed by atoms with Crippen molar-refractivity contribution >= 4 is 5.78 Å². The highest BCUT2D eigenvalue weighted by molar-refractivity contribution is 5.95. The lowest BCUT2D eigenvalue weighted by Gasteiger charge is -2.66. The number of hydrogen-bond donors (Lipinski definition) is 3. The van der Waals surface area contributed by atoms with E-state index in [2.05, 4.69) is 44.7 Å². The van der Waals surface area contributed by atoms with Gasteiger partial charge in [-0.3, -0.25) is 4.79 Å². The normalized spacial score (nSPS) is 47.7. The average molecular weight is 673 g/mol. The standard InChI is InChI=1S/C42H56O7/c1-25-26(2)37(49-34(25)23-43)38(45)40(4,46)35-15-18-42-32-21-33(44)31-20-30(47-24-29(13-9-19-48-42)27-10-6-5-7-11-27)14-17-39(31,3)36(32)28-12-8-16-41(35,42)22-28/h5-7,10-11,21,25-26,28-31,34-38,43,45-46H,8,12,14-20,22-24H2,1-4H3/t25-,26-,28+,29+,30+,31+,34+,35-,36+,37+,38-,39+,40+,41-,42-/m1/s1. The van der Waals surface area contributed by atoms with Gasteiger partial charge in [-0.05, 0) is 111 Å². The Labute approximate surface area is 292 Å². The van der Waals surface area contributed by atoms with Crippen molar-refractivity contribution < 1.29 is 34.3 Å².